The molecular weight excluding hydrogens is 345 g/mol. The Bertz CT molecular complexity index is 796. The van der Waals surface area contributed by atoms with Crippen molar-refractivity contribution in [1.29, 1.82) is 0 Å². The molecule has 2 aromatic rings. The molecule has 0 bridgehead atoms. The normalized spacial score (nSPS) is 17.3. The van der Waals surface area contributed by atoms with E-state index in [1.54, 1.807) is 7.11 Å². The van der Waals surface area contributed by atoms with E-state index in [4.69, 9.17) is 4.74 Å². The summed E-state index contributed by atoms with van der Waals surface area (Å²) in [5.41, 5.74) is 0.698. The van der Waals surface area contributed by atoms with Crippen molar-refractivity contribution in [1.82, 2.24) is 4.90 Å². The number of likely N-dealkylation sites (tertiary alicyclic amines) is 1. The van der Waals surface area contributed by atoms with Gasteiger partial charge in [-0.15, -0.1) is 0 Å². The van der Waals surface area contributed by atoms with Gasteiger partial charge in [0.15, 0.2) is 17.5 Å². The number of anilines is 1. The highest BCUT2D eigenvalue weighted by Crippen LogP contribution is 2.32. The van der Waals surface area contributed by atoms with Gasteiger partial charge in [0.05, 0.1) is 19.3 Å². The van der Waals surface area contributed by atoms with E-state index in [-0.39, 0.29) is 18.3 Å². The molecule has 1 fully saturated rings. The Balaban J connectivity index is 1.67. The van der Waals surface area contributed by atoms with Gasteiger partial charge in [0, 0.05) is 6.04 Å². The van der Waals surface area contributed by atoms with Crippen LogP contribution in [0.25, 0.3) is 0 Å². The first kappa shape index (κ1) is 18.3. The van der Waals surface area contributed by atoms with Crippen molar-refractivity contribution in [2.24, 2.45) is 0 Å². The molecule has 0 aliphatic carbocycles. The second kappa shape index (κ2) is 7.78. The molecule has 0 spiro atoms. The summed E-state index contributed by atoms with van der Waals surface area (Å²) in [4.78, 5) is 14.2. The quantitative estimate of drug-likeness (QED) is 0.819. The number of amides is 1. The van der Waals surface area contributed by atoms with Crippen LogP contribution in [0.5, 0.6) is 5.75 Å². The largest absolute Gasteiger partial charge is 0.497 e. The van der Waals surface area contributed by atoms with Crippen LogP contribution < -0.4 is 10.1 Å². The van der Waals surface area contributed by atoms with Crippen molar-refractivity contribution in [3.8, 4) is 5.75 Å². The number of benzene rings is 2. The maximum Gasteiger partial charge on any atom is 0.238 e. The van der Waals surface area contributed by atoms with Crippen LogP contribution in [-0.2, 0) is 4.79 Å². The van der Waals surface area contributed by atoms with Gasteiger partial charge in [-0.25, -0.2) is 13.2 Å². The Morgan fingerprint density at radius 3 is 2.58 bits per heavy atom. The summed E-state index contributed by atoms with van der Waals surface area (Å²) in [6, 6.07) is 9.50. The lowest BCUT2D eigenvalue weighted by Crippen LogP contribution is -2.33. The molecule has 0 aromatic heterocycles. The van der Waals surface area contributed by atoms with Gasteiger partial charge in [0.1, 0.15) is 5.75 Å². The third-order valence-electron chi connectivity index (χ3n) is 4.52. The first-order valence-corrected chi connectivity index (χ1v) is 8.31. The number of hydrogen-bond donors (Lipinski definition) is 1. The van der Waals surface area contributed by atoms with Crippen LogP contribution in [0, 0.1) is 17.5 Å². The molecule has 0 saturated carbocycles. The van der Waals surface area contributed by atoms with E-state index in [2.05, 4.69) is 5.32 Å². The second-order valence-corrected chi connectivity index (χ2v) is 6.17. The summed E-state index contributed by atoms with van der Waals surface area (Å²) in [7, 11) is 1.60. The Morgan fingerprint density at radius 1 is 1.15 bits per heavy atom. The van der Waals surface area contributed by atoms with Crippen molar-refractivity contribution < 1.29 is 22.7 Å². The zero-order chi connectivity index (χ0) is 18.7. The molecule has 3 rings (SSSR count). The third-order valence-corrected chi connectivity index (χ3v) is 4.52. The van der Waals surface area contributed by atoms with E-state index in [1.165, 1.54) is 0 Å². The fourth-order valence-electron chi connectivity index (χ4n) is 3.22. The fraction of sp³-hybridized carbons (Fsp3) is 0.316. The summed E-state index contributed by atoms with van der Waals surface area (Å²) in [6.45, 7) is 0.763. The number of carbonyl (C=O) groups excluding carboxylic acids is 1. The standard InChI is InChI=1S/C19H19F3N2O2/c1-26-13-6-4-12(5-7-13)16-3-2-10-24(16)11-17(25)23-15-9-8-14(20)18(21)19(15)22/h4-9,16H,2-3,10-11H2,1H3,(H,23,25)/t16-/m1/s1. The molecule has 0 radical (unpaired) electrons. The van der Waals surface area contributed by atoms with Gasteiger partial charge in [0.25, 0.3) is 0 Å². The highest BCUT2D eigenvalue weighted by molar-refractivity contribution is 5.92. The minimum atomic E-state index is -1.60. The average molecular weight is 364 g/mol. The third kappa shape index (κ3) is 3.83. The number of nitrogens with one attached hydrogen (secondary N) is 1. The molecule has 1 aliphatic rings. The second-order valence-electron chi connectivity index (χ2n) is 6.17. The van der Waals surface area contributed by atoms with E-state index >= 15 is 0 Å². The van der Waals surface area contributed by atoms with Crippen LogP contribution >= 0.6 is 0 Å². The highest BCUT2D eigenvalue weighted by Gasteiger charge is 2.28. The molecular formula is C19H19F3N2O2. The fourth-order valence-corrected chi connectivity index (χ4v) is 3.22. The number of halogens is 3. The van der Waals surface area contributed by atoms with Crippen molar-refractivity contribution in [2.75, 3.05) is 25.5 Å². The highest BCUT2D eigenvalue weighted by atomic mass is 19.2. The van der Waals surface area contributed by atoms with Crippen molar-refractivity contribution in [3.05, 3.63) is 59.4 Å². The van der Waals surface area contributed by atoms with Gasteiger partial charge in [-0.3, -0.25) is 9.69 Å². The molecule has 1 heterocycles. The number of carbonyl (C=O) groups is 1. The predicted octanol–water partition coefficient (Wildman–Crippen LogP) is 3.89. The van der Waals surface area contributed by atoms with Crippen LogP contribution in [-0.4, -0.2) is 31.0 Å². The maximum atomic E-state index is 13.7. The number of rotatable bonds is 5. The summed E-state index contributed by atoms with van der Waals surface area (Å²) in [5.74, 6) is -4.01. The van der Waals surface area contributed by atoms with Crippen LogP contribution in [0.3, 0.4) is 0 Å². The summed E-state index contributed by atoms with van der Waals surface area (Å²) in [6.07, 6.45) is 1.84. The van der Waals surface area contributed by atoms with Gasteiger partial charge in [-0.1, -0.05) is 12.1 Å². The number of hydrogen-bond acceptors (Lipinski definition) is 3. The summed E-state index contributed by atoms with van der Waals surface area (Å²) < 4.78 is 45.1. The van der Waals surface area contributed by atoms with Crippen LogP contribution in [0.2, 0.25) is 0 Å². The minimum Gasteiger partial charge on any atom is -0.497 e. The lowest BCUT2D eigenvalue weighted by molar-refractivity contribution is -0.117. The molecule has 7 heteroatoms. The number of nitrogens with zero attached hydrogens (tertiary/aromatic N) is 1. The van der Waals surface area contributed by atoms with Gasteiger partial charge in [-0.05, 0) is 49.2 Å². The molecule has 0 unspecified atom stereocenters. The van der Waals surface area contributed by atoms with Gasteiger partial charge >= 0.3 is 0 Å². The van der Waals surface area contributed by atoms with E-state index < -0.39 is 23.4 Å². The van der Waals surface area contributed by atoms with E-state index in [0.717, 1.165) is 42.8 Å². The van der Waals surface area contributed by atoms with E-state index in [1.807, 2.05) is 29.2 Å². The Kier molecular flexibility index (Phi) is 5.46. The molecule has 1 atom stereocenters. The molecule has 1 saturated heterocycles. The molecule has 2 aromatic carbocycles. The predicted molar refractivity (Wildman–Crippen MR) is 91.5 cm³/mol. The van der Waals surface area contributed by atoms with Crippen LogP contribution in [0.1, 0.15) is 24.4 Å². The lowest BCUT2D eigenvalue weighted by atomic mass is 10.0. The Labute approximate surface area is 149 Å². The summed E-state index contributed by atoms with van der Waals surface area (Å²) in [5, 5.41) is 2.31. The minimum absolute atomic E-state index is 0.0368. The van der Waals surface area contributed by atoms with Gasteiger partial charge in [-0.2, -0.15) is 0 Å². The van der Waals surface area contributed by atoms with Gasteiger partial charge in [0.2, 0.25) is 5.91 Å². The van der Waals surface area contributed by atoms with E-state index in [0.29, 0.717) is 0 Å². The monoisotopic (exact) mass is 364 g/mol. The summed E-state index contributed by atoms with van der Waals surface area (Å²) >= 11 is 0. The molecule has 4 nitrogen and oxygen atoms in total. The number of methoxy groups -OCH3 is 1. The topological polar surface area (TPSA) is 41.6 Å². The van der Waals surface area contributed by atoms with Crippen LogP contribution in [0.4, 0.5) is 18.9 Å². The molecule has 26 heavy (non-hydrogen) atoms. The zero-order valence-electron chi connectivity index (χ0n) is 14.3. The van der Waals surface area contributed by atoms with Gasteiger partial charge < -0.3 is 10.1 Å². The molecule has 1 amide bonds. The molecule has 1 aliphatic heterocycles. The van der Waals surface area contributed by atoms with Crippen molar-refractivity contribution in [3.63, 3.8) is 0 Å². The molecule has 138 valence electrons. The number of ether oxygens (including phenoxy) is 1. The lowest BCUT2D eigenvalue weighted by Gasteiger charge is -2.24. The maximum absolute atomic E-state index is 13.7. The van der Waals surface area contributed by atoms with Crippen molar-refractivity contribution in [2.45, 2.75) is 18.9 Å². The Morgan fingerprint density at radius 2 is 1.88 bits per heavy atom. The average Bonchev–Trinajstić information content (AvgIpc) is 3.10. The van der Waals surface area contributed by atoms with Crippen molar-refractivity contribution >= 4 is 11.6 Å². The first-order chi connectivity index (χ1) is 12.5. The zero-order valence-corrected chi connectivity index (χ0v) is 14.3. The molecule has 1 N–H and O–H groups in total. The first-order valence-electron chi connectivity index (χ1n) is 8.31. The van der Waals surface area contributed by atoms with Crippen LogP contribution in [0.15, 0.2) is 36.4 Å². The smallest absolute Gasteiger partial charge is 0.238 e. The Hall–Kier alpha value is -2.54. The SMILES string of the molecule is COc1ccc([C@H]2CCCN2CC(=O)Nc2ccc(F)c(F)c2F)cc1. The van der Waals surface area contributed by atoms with E-state index in [9.17, 15) is 18.0 Å².